The summed E-state index contributed by atoms with van der Waals surface area (Å²) in [5, 5.41) is 20.5. The lowest BCUT2D eigenvalue weighted by Gasteiger charge is -2.30. The summed E-state index contributed by atoms with van der Waals surface area (Å²) in [5.74, 6) is -1.25. The summed E-state index contributed by atoms with van der Waals surface area (Å²) in [5.41, 5.74) is 0. The second kappa shape index (κ2) is 7.70. The quantitative estimate of drug-likeness (QED) is 0.772. The van der Waals surface area contributed by atoms with Gasteiger partial charge < -0.3 is 20.1 Å². The molecule has 112 valence electrons. The van der Waals surface area contributed by atoms with Crippen molar-refractivity contribution in [3.63, 3.8) is 0 Å². The summed E-state index contributed by atoms with van der Waals surface area (Å²) in [4.78, 5) is 24.5. The number of nitrogens with one attached hydrogen (secondary N) is 1. The summed E-state index contributed by atoms with van der Waals surface area (Å²) in [6.07, 6.45) is -0.0973. The van der Waals surface area contributed by atoms with Crippen LogP contribution in [0.2, 0.25) is 0 Å². The van der Waals surface area contributed by atoms with Crippen LogP contribution in [0, 0.1) is 23.2 Å². The predicted molar refractivity (Wildman–Crippen MR) is 70.9 cm³/mol. The van der Waals surface area contributed by atoms with Crippen molar-refractivity contribution in [2.24, 2.45) is 11.8 Å². The van der Waals surface area contributed by atoms with Gasteiger partial charge in [0, 0.05) is 13.1 Å². The molecular formula is C13H21N3O4. The minimum absolute atomic E-state index is 0.0981. The first kappa shape index (κ1) is 16.2. The van der Waals surface area contributed by atoms with Crippen LogP contribution in [-0.2, 0) is 9.53 Å². The third-order valence-corrected chi connectivity index (χ3v) is 3.10. The van der Waals surface area contributed by atoms with Gasteiger partial charge in [-0.3, -0.25) is 4.79 Å². The number of carboxylic acids is 1. The van der Waals surface area contributed by atoms with Crippen LogP contribution >= 0.6 is 0 Å². The number of aliphatic carboxylic acids is 1. The maximum Gasteiger partial charge on any atom is 0.317 e. The molecule has 20 heavy (non-hydrogen) atoms. The number of hydrogen-bond donors (Lipinski definition) is 2. The first-order valence-electron chi connectivity index (χ1n) is 6.70. The lowest BCUT2D eigenvalue weighted by Crippen LogP contribution is -2.50. The normalized spacial score (nSPS) is 20.3. The fourth-order valence-electron chi connectivity index (χ4n) is 2.07. The molecule has 1 aliphatic heterocycles. The van der Waals surface area contributed by atoms with E-state index >= 15 is 0 Å². The Balaban J connectivity index is 2.45. The third-order valence-electron chi connectivity index (χ3n) is 3.10. The zero-order chi connectivity index (χ0) is 15.1. The minimum atomic E-state index is -0.907. The molecule has 2 amide bonds. The van der Waals surface area contributed by atoms with E-state index in [-0.39, 0.29) is 25.0 Å². The van der Waals surface area contributed by atoms with Crippen molar-refractivity contribution in [3.8, 4) is 6.07 Å². The molecule has 7 heteroatoms. The number of nitrogens with zero attached hydrogens (tertiary/aromatic N) is 2. The van der Waals surface area contributed by atoms with E-state index in [4.69, 9.17) is 15.1 Å². The number of carbonyl (C=O) groups is 2. The Morgan fingerprint density at radius 2 is 2.25 bits per heavy atom. The summed E-state index contributed by atoms with van der Waals surface area (Å²) in [7, 11) is 0. The molecule has 1 aliphatic rings. The Bertz CT molecular complexity index is 392. The van der Waals surface area contributed by atoms with Crippen LogP contribution in [0.5, 0.6) is 0 Å². The Labute approximate surface area is 118 Å². The predicted octanol–water partition coefficient (Wildman–Crippen LogP) is 0.667. The first-order valence-corrected chi connectivity index (χ1v) is 6.70. The van der Waals surface area contributed by atoms with Crippen LogP contribution in [0.15, 0.2) is 0 Å². The van der Waals surface area contributed by atoms with Crippen LogP contribution in [0.1, 0.15) is 20.3 Å². The summed E-state index contributed by atoms with van der Waals surface area (Å²) < 4.78 is 5.15. The van der Waals surface area contributed by atoms with Gasteiger partial charge >= 0.3 is 12.0 Å². The maximum atomic E-state index is 11.9. The fraction of sp³-hybridized carbons (Fsp3) is 0.769. The lowest BCUT2D eigenvalue weighted by molar-refractivity contribution is -0.142. The molecule has 0 aromatic heterocycles. The number of carboxylic acid groups (broad SMARTS) is 1. The van der Waals surface area contributed by atoms with Crippen molar-refractivity contribution in [1.29, 1.82) is 5.26 Å². The SMILES string of the molecule is CC(C)CC(CNC(=O)N1CCOC(C#N)C1)C(=O)O. The molecule has 2 N–H and O–H groups in total. The molecule has 0 aromatic carbocycles. The highest BCUT2D eigenvalue weighted by Gasteiger charge is 2.25. The van der Waals surface area contributed by atoms with Crippen LogP contribution in [0.3, 0.4) is 0 Å². The van der Waals surface area contributed by atoms with Crippen molar-refractivity contribution in [2.75, 3.05) is 26.2 Å². The van der Waals surface area contributed by atoms with Crippen LogP contribution in [-0.4, -0.2) is 54.4 Å². The van der Waals surface area contributed by atoms with Gasteiger partial charge in [0.1, 0.15) is 0 Å². The van der Waals surface area contributed by atoms with E-state index in [0.29, 0.717) is 19.6 Å². The van der Waals surface area contributed by atoms with Gasteiger partial charge in [0.2, 0.25) is 0 Å². The molecule has 1 rings (SSSR count). The van der Waals surface area contributed by atoms with Crippen LogP contribution in [0.25, 0.3) is 0 Å². The highest BCUT2D eigenvalue weighted by atomic mass is 16.5. The standard InChI is InChI=1S/C13H21N3O4/c1-9(2)5-10(12(17)18)7-15-13(19)16-3-4-20-11(6-14)8-16/h9-11H,3-5,7-8H2,1-2H3,(H,15,19)(H,17,18). The van der Waals surface area contributed by atoms with Gasteiger partial charge in [0.05, 0.1) is 25.1 Å². The molecule has 1 heterocycles. The van der Waals surface area contributed by atoms with Gasteiger partial charge in [-0.1, -0.05) is 13.8 Å². The fourth-order valence-corrected chi connectivity index (χ4v) is 2.07. The topological polar surface area (TPSA) is 103 Å². The number of ether oxygens (including phenoxy) is 1. The maximum absolute atomic E-state index is 11.9. The zero-order valence-electron chi connectivity index (χ0n) is 11.8. The van der Waals surface area contributed by atoms with Gasteiger partial charge in [-0.15, -0.1) is 0 Å². The third kappa shape index (κ3) is 5.05. The van der Waals surface area contributed by atoms with E-state index < -0.39 is 18.0 Å². The van der Waals surface area contributed by atoms with E-state index in [1.54, 1.807) is 0 Å². The van der Waals surface area contributed by atoms with Gasteiger partial charge in [0.25, 0.3) is 0 Å². The van der Waals surface area contributed by atoms with Crippen molar-refractivity contribution in [1.82, 2.24) is 10.2 Å². The Morgan fingerprint density at radius 1 is 1.55 bits per heavy atom. The molecule has 2 unspecified atom stereocenters. The Kier molecular flexibility index (Phi) is 6.25. The number of nitriles is 1. The Morgan fingerprint density at radius 3 is 2.80 bits per heavy atom. The first-order chi connectivity index (χ1) is 9.43. The monoisotopic (exact) mass is 283 g/mol. The van der Waals surface area contributed by atoms with E-state index in [9.17, 15) is 9.59 Å². The molecule has 0 aromatic rings. The molecule has 0 saturated carbocycles. The largest absolute Gasteiger partial charge is 0.481 e. The van der Waals surface area contributed by atoms with Gasteiger partial charge in [-0.2, -0.15) is 5.26 Å². The van der Waals surface area contributed by atoms with Crippen molar-refractivity contribution in [2.45, 2.75) is 26.4 Å². The number of urea groups is 1. The lowest BCUT2D eigenvalue weighted by atomic mass is 9.97. The summed E-state index contributed by atoms with van der Waals surface area (Å²) in [6.45, 7) is 4.92. The molecule has 2 atom stereocenters. The molecule has 0 spiro atoms. The zero-order valence-corrected chi connectivity index (χ0v) is 11.8. The molecule has 0 aliphatic carbocycles. The van der Waals surface area contributed by atoms with E-state index in [0.717, 1.165) is 0 Å². The van der Waals surface area contributed by atoms with E-state index in [1.807, 2.05) is 19.9 Å². The van der Waals surface area contributed by atoms with Gasteiger partial charge in [-0.25, -0.2) is 4.79 Å². The van der Waals surface area contributed by atoms with E-state index in [2.05, 4.69) is 5.32 Å². The number of amides is 2. The van der Waals surface area contributed by atoms with Crippen molar-refractivity contribution >= 4 is 12.0 Å². The van der Waals surface area contributed by atoms with E-state index in [1.165, 1.54) is 4.90 Å². The molecular weight excluding hydrogens is 262 g/mol. The summed E-state index contributed by atoms with van der Waals surface area (Å²) in [6, 6.07) is 1.62. The number of rotatable bonds is 5. The molecule has 0 radical (unpaired) electrons. The highest BCUT2D eigenvalue weighted by Crippen LogP contribution is 2.11. The molecule has 1 fully saturated rings. The second-order valence-corrected chi connectivity index (χ2v) is 5.29. The minimum Gasteiger partial charge on any atom is -0.481 e. The van der Waals surface area contributed by atoms with Crippen molar-refractivity contribution < 1.29 is 19.4 Å². The van der Waals surface area contributed by atoms with Crippen molar-refractivity contribution in [3.05, 3.63) is 0 Å². The van der Waals surface area contributed by atoms with Gasteiger partial charge in [-0.05, 0) is 12.3 Å². The molecule has 0 bridgehead atoms. The molecule has 7 nitrogen and oxygen atoms in total. The number of hydrogen-bond acceptors (Lipinski definition) is 4. The number of morpholine rings is 1. The summed E-state index contributed by atoms with van der Waals surface area (Å²) >= 11 is 0. The number of carbonyl (C=O) groups excluding carboxylic acids is 1. The average Bonchev–Trinajstić information content (AvgIpc) is 2.42. The molecule has 1 saturated heterocycles. The van der Waals surface area contributed by atoms with Crippen LogP contribution < -0.4 is 5.32 Å². The van der Waals surface area contributed by atoms with Gasteiger partial charge in [0.15, 0.2) is 6.10 Å². The smallest absolute Gasteiger partial charge is 0.317 e. The second-order valence-electron chi connectivity index (χ2n) is 5.29. The average molecular weight is 283 g/mol. The Hall–Kier alpha value is -1.81. The van der Waals surface area contributed by atoms with Crippen LogP contribution in [0.4, 0.5) is 4.79 Å². The highest BCUT2D eigenvalue weighted by molar-refractivity contribution is 5.76.